The Hall–Kier alpha value is -2.34. The van der Waals surface area contributed by atoms with E-state index in [0.717, 1.165) is 20.8 Å². The van der Waals surface area contributed by atoms with Crippen LogP contribution < -0.4 is 14.4 Å². The van der Waals surface area contributed by atoms with Gasteiger partial charge < -0.3 is 4.74 Å². The van der Waals surface area contributed by atoms with Crippen molar-refractivity contribution in [1.82, 2.24) is 10.2 Å². The average Bonchev–Trinajstić information content (AvgIpc) is 3.24. The molecule has 0 saturated carbocycles. The quantitative estimate of drug-likeness (QED) is 0.373. The van der Waals surface area contributed by atoms with Crippen LogP contribution in [0.3, 0.4) is 0 Å². The number of nitrogens with one attached hydrogen (secondary N) is 1. The van der Waals surface area contributed by atoms with Crippen molar-refractivity contribution in [3.63, 3.8) is 0 Å². The number of nitrogens with zero attached hydrogens (tertiary/aromatic N) is 3. The summed E-state index contributed by atoms with van der Waals surface area (Å²) >= 11 is 8.93. The van der Waals surface area contributed by atoms with E-state index in [9.17, 15) is 13.2 Å². The maximum absolute atomic E-state index is 13.4. The molecule has 1 amide bonds. The van der Waals surface area contributed by atoms with E-state index in [0.29, 0.717) is 10.2 Å². The van der Waals surface area contributed by atoms with Gasteiger partial charge in [0.25, 0.3) is 15.9 Å². The first-order valence-corrected chi connectivity index (χ1v) is 13.3. The van der Waals surface area contributed by atoms with Crippen LogP contribution in [0.1, 0.15) is 13.3 Å². The Bertz CT molecular complexity index is 1220. The SMILES string of the molecule is CCCSc1nnc(NC(=O)[C@@H]2CN(S(=O)(=O)c3ccccc3)c3cc(Cl)ccc3O2)s1. The van der Waals surface area contributed by atoms with Crippen LogP contribution >= 0.6 is 34.7 Å². The van der Waals surface area contributed by atoms with Crippen LogP contribution in [0.2, 0.25) is 5.02 Å². The monoisotopic (exact) mass is 510 g/mol. The van der Waals surface area contributed by atoms with Crippen molar-refractivity contribution in [2.24, 2.45) is 0 Å². The van der Waals surface area contributed by atoms with Gasteiger partial charge in [0.05, 0.1) is 17.1 Å². The molecule has 0 bridgehead atoms. The van der Waals surface area contributed by atoms with E-state index in [1.165, 1.54) is 29.5 Å². The Morgan fingerprint density at radius 1 is 1.28 bits per heavy atom. The van der Waals surface area contributed by atoms with E-state index in [1.54, 1.807) is 42.1 Å². The number of carbonyl (C=O) groups is 1. The van der Waals surface area contributed by atoms with Crippen LogP contribution in [0.4, 0.5) is 10.8 Å². The molecule has 1 atom stereocenters. The van der Waals surface area contributed by atoms with Crippen LogP contribution in [-0.4, -0.2) is 42.9 Å². The lowest BCUT2D eigenvalue weighted by Crippen LogP contribution is -2.48. The van der Waals surface area contributed by atoms with Gasteiger partial charge in [-0.15, -0.1) is 10.2 Å². The summed E-state index contributed by atoms with van der Waals surface area (Å²) in [4.78, 5) is 13.0. The van der Waals surface area contributed by atoms with Crippen LogP contribution in [0.25, 0.3) is 0 Å². The van der Waals surface area contributed by atoms with Gasteiger partial charge in [-0.05, 0) is 36.8 Å². The summed E-state index contributed by atoms with van der Waals surface area (Å²) < 4.78 is 34.5. The molecule has 0 fully saturated rings. The van der Waals surface area contributed by atoms with E-state index in [1.807, 2.05) is 0 Å². The third kappa shape index (κ3) is 4.85. The number of fused-ring (bicyclic) bond motifs is 1. The second-order valence-electron chi connectivity index (χ2n) is 6.78. The zero-order chi connectivity index (χ0) is 22.7. The Morgan fingerprint density at radius 2 is 2.06 bits per heavy atom. The molecule has 0 radical (unpaired) electrons. The number of hydrogen-bond donors (Lipinski definition) is 1. The summed E-state index contributed by atoms with van der Waals surface area (Å²) in [5.74, 6) is 0.638. The van der Waals surface area contributed by atoms with Crippen molar-refractivity contribution in [1.29, 1.82) is 0 Å². The Labute approximate surface area is 199 Å². The molecule has 12 heteroatoms. The van der Waals surface area contributed by atoms with Gasteiger partial charge in [0.2, 0.25) is 5.13 Å². The van der Waals surface area contributed by atoms with Crippen molar-refractivity contribution < 1.29 is 17.9 Å². The first-order chi connectivity index (χ1) is 15.4. The smallest absolute Gasteiger partial charge is 0.269 e. The third-order valence-corrected chi connectivity index (χ3v) is 8.69. The number of aromatic nitrogens is 2. The predicted molar refractivity (Wildman–Crippen MR) is 126 cm³/mol. The number of rotatable bonds is 7. The molecule has 1 aromatic heterocycles. The maximum atomic E-state index is 13.4. The van der Waals surface area contributed by atoms with Gasteiger partial charge in [-0.1, -0.05) is 59.8 Å². The van der Waals surface area contributed by atoms with Gasteiger partial charge in [-0.25, -0.2) is 8.42 Å². The molecule has 1 aliphatic heterocycles. The highest BCUT2D eigenvalue weighted by atomic mass is 35.5. The van der Waals surface area contributed by atoms with Crippen LogP contribution in [-0.2, 0) is 14.8 Å². The van der Waals surface area contributed by atoms with Crippen molar-refractivity contribution in [2.45, 2.75) is 28.7 Å². The number of ether oxygens (including phenoxy) is 1. The molecule has 0 saturated heterocycles. The fourth-order valence-corrected chi connectivity index (χ4v) is 6.34. The number of thioether (sulfide) groups is 1. The topological polar surface area (TPSA) is 101 Å². The maximum Gasteiger partial charge on any atom is 0.269 e. The van der Waals surface area contributed by atoms with Gasteiger partial charge >= 0.3 is 0 Å². The average molecular weight is 511 g/mol. The Morgan fingerprint density at radius 3 is 2.81 bits per heavy atom. The van der Waals surface area contributed by atoms with E-state index < -0.39 is 22.0 Å². The number of carbonyl (C=O) groups excluding carboxylic acids is 1. The largest absolute Gasteiger partial charge is 0.476 e. The van der Waals surface area contributed by atoms with Crippen molar-refractivity contribution in [3.05, 3.63) is 53.6 Å². The molecular weight excluding hydrogens is 492 g/mol. The Kier molecular flexibility index (Phi) is 6.89. The van der Waals surface area contributed by atoms with Gasteiger partial charge in [-0.2, -0.15) is 0 Å². The number of hydrogen-bond acceptors (Lipinski definition) is 8. The third-order valence-electron chi connectivity index (χ3n) is 4.48. The molecule has 0 unspecified atom stereocenters. The standard InChI is InChI=1S/C20H19ClN4O4S3/c1-2-10-30-20-24-23-19(31-20)22-18(26)17-12-25(15-11-13(21)8-9-16(15)29-17)32(27,28)14-6-4-3-5-7-14/h3-9,11,17H,2,10,12H2,1H3,(H,22,23,26)/t17-/m0/s1. The molecule has 4 rings (SSSR count). The predicted octanol–water partition coefficient (Wildman–Crippen LogP) is 4.29. The van der Waals surface area contributed by atoms with Crippen molar-refractivity contribution >= 4 is 61.4 Å². The fourth-order valence-electron chi connectivity index (χ4n) is 3.00. The van der Waals surface area contributed by atoms with E-state index in [-0.39, 0.29) is 22.9 Å². The minimum absolute atomic E-state index is 0.105. The molecule has 8 nitrogen and oxygen atoms in total. The molecule has 1 N–H and O–H groups in total. The van der Waals surface area contributed by atoms with E-state index in [4.69, 9.17) is 16.3 Å². The number of benzene rings is 2. The molecule has 0 spiro atoms. The number of anilines is 2. The minimum atomic E-state index is -3.95. The lowest BCUT2D eigenvalue weighted by atomic mass is 10.2. The van der Waals surface area contributed by atoms with E-state index >= 15 is 0 Å². The molecule has 168 valence electrons. The van der Waals surface area contributed by atoms with Gasteiger partial charge in [0.15, 0.2) is 10.4 Å². The number of sulfonamides is 1. The highest BCUT2D eigenvalue weighted by Gasteiger charge is 2.38. The molecule has 3 aromatic rings. The van der Waals surface area contributed by atoms with Crippen LogP contribution in [0.15, 0.2) is 57.8 Å². The summed E-state index contributed by atoms with van der Waals surface area (Å²) in [6.45, 7) is 1.85. The minimum Gasteiger partial charge on any atom is -0.476 e. The first kappa shape index (κ1) is 22.8. The highest BCUT2D eigenvalue weighted by Crippen LogP contribution is 2.39. The van der Waals surface area contributed by atoms with E-state index in [2.05, 4.69) is 22.4 Å². The lowest BCUT2D eigenvalue weighted by Gasteiger charge is -2.34. The van der Waals surface area contributed by atoms with Gasteiger partial charge in [0.1, 0.15) is 5.75 Å². The van der Waals surface area contributed by atoms with Crippen LogP contribution in [0, 0.1) is 0 Å². The summed E-state index contributed by atoms with van der Waals surface area (Å²) in [6.07, 6.45) is -0.0883. The second kappa shape index (κ2) is 9.65. The Balaban J connectivity index is 1.61. The lowest BCUT2D eigenvalue weighted by molar-refractivity contribution is -0.122. The summed E-state index contributed by atoms with van der Waals surface area (Å²) in [5, 5.41) is 11.4. The highest BCUT2D eigenvalue weighted by molar-refractivity contribution is 8.01. The molecule has 2 aromatic carbocycles. The summed E-state index contributed by atoms with van der Waals surface area (Å²) in [5.41, 5.74) is 0.277. The van der Waals surface area contributed by atoms with Crippen molar-refractivity contribution in [2.75, 3.05) is 21.9 Å². The normalized spacial score (nSPS) is 15.7. The second-order valence-corrected chi connectivity index (χ2v) is 11.4. The van der Waals surface area contributed by atoms with Gasteiger partial charge in [-0.3, -0.25) is 14.4 Å². The summed E-state index contributed by atoms with van der Waals surface area (Å²) in [6, 6.07) is 12.6. The molecule has 32 heavy (non-hydrogen) atoms. The summed E-state index contributed by atoms with van der Waals surface area (Å²) in [7, 11) is -3.95. The molecule has 0 aliphatic carbocycles. The molecule has 2 heterocycles. The number of amides is 1. The zero-order valence-electron chi connectivity index (χ0n) is 16.9. The molecular formula is C20H19ClN4O4S3. The fraction of sp³-hybridized carbons (Fsp3) is 0.250. The number of halogens is 1. The first-order valence-electron chi connectivity index (χ1n) is 9.69. The van der Waals surface area contributed by atoms with Crippen LogP contribution in [0.5, 0.6) is 5.75 Å². The van der Waals surface area contributed by atoms with Crippen molar-refractivity contribution in [3.8, 4) is 5.75 Å². The zero-order valence-corrected chi connectivity index (χ0v) is 20.1. The molecule has 1 aliphatic rings. The van der Waals surface area contributed by atoms with Gasteiger partial charge in [0, 0.05) is 10.8 Å².